The molecular formula is C12H11Br2N3O2. The topological polar surface area (TPSA) is 70.3 Å². The summed E-state index contributed by atoms with van der Waals surface area (Å²) in [7, 11) is 1.60. The minimum absolute atomic E-state index is 0.171. The molecule has 19 heavy (non-hydrogen) atoms. The first-order valence-electron chi connectivity index (χ1n) is 5.31. The fourth-order valence-electron chi connectivity index (χ4n) is 1.39. The molecule has 0 unspecified atom stereocenters. The van der Waals surface area contributed by atoms with Crippen LogP contribution in [0.5, 0.6) is 17.4 Å². The normalized spacial score (nSPS) is 10.3. The van der Waals surface area contributed by atoms with Gasteiger partial charge < -0.3 is 15.2 Å². The molecule has 0 spiro atoms. The van der Waals surface area contributed by atoms with E-state index in [1.165, 1.54) is 0 Å². The van der Waals surface area contributed by atoms with Gasteiger partial charge in [-0.2, -0.15) is 4.98 Å². The Bertz CT molecular complexity index is 620. The van der Waals surface area contributed by atoms with Gasteiger partial charge in [0.1, 0.15) is 11.5 Å². The Morgan fingerprint density at radius 2 is 1.79 bits per heavy atom. The molecule has 0 saturated heterocycles. The van der Waals surface area contributed by atoms with E-state index >= 15 is 0 Å². The average Bonchev–Trinajstić information content (AvgIpc) is 2.37. The van der Waals surface area contributed by atoms with Crippen molar-refractivity contribution in [3.05, 3.63) is 32.8 Å². The number of nitrogens with zero attached hydrogens (tertiary/aromatic N) is 2. The fourth-order valence-corrected chi connectivity index (χ4v) is 2.28. The molecule has 2 rings (SSSR count). The van der Waals surface area contributed by atoms with Gasteiger partial charge in [-0.05, 0) is 50.9 Å². The third kappa shape index (κ3) is 3.16. The quantitative estimate of drug-likeness (QED) is 0.868. The van der Waals surface area contributed by atoms with Gasteiger partial charge in [0.25, 0.3) is 0 Å². The highest BCUT2D eigenvalue weighted by atomic mass is 79.9. The molecule has 5 nitrogen and oxygen atoms in total. The molecular weight excluding hydrogens is 378 g/mol. The van der Waals surface area contributed by atoms with Crippen LogP contribution in [0.3, 0.4) is 0 Å². The molecule has 0 amide bonds. The zero-order valence-electron chi connectivity index (χ0n) is 10.3. The molecule has 0 fully saturated rings. The van der Waals surface area contributed by atoms with Gasteiger partial charge in [-0.15, -0.1) is 0 Å². The predicted molar refractivity (Wildman–Crippen MR) is 79.6 cm³/mol. The van der Waals surface area contributed by atoms with E-state index in [0.29, 0.717) is 17.4 Å². The van der Waals surface area contributed by atoms with Crippen LogP contribution < -0.4 is 15.2 Å². The molecule has 0 atom stereocenters. The number of nitrogen functional groups attached to an aromatic ring is 1. The molecule has 1 heterocycles. The Labute approximate surface area is 127 Å². The first-order chi connectivity index (χ1) is 9.01. The van der Waals surface area contributed by atoms with Crippen LogP contribution in [0, 0.1) is 6.92 Å². The van der Waals surface area contributed by atoms with E-state index < -0.39 is 0 Å². The standard InChI is InChI=1S/C12H11Br2N3O2/c1-6-5-16-12(15)17-11(6)19-10-4-7(13)9(18-2)3-8(10)14/h3-5H,1-2H3,(H2,15,16,17). The summed E-state index contributed by atoms with van der Waals surface area (Å²) in [5, 5.41) is 0. The summed E-state index contributed by atoms with van der Waals surface area (Å²) in [6, 6.07) is 3.60. The van der Waals surface area contributed by atoms with Crippen LogP contribution in [0.25, 0.3) is 0 Å². The minimum atomic E-state index is 0.171. The predicted octanol–water partition coefficient (Wildman–Crippen LogP) is 3.69. The zero-order chi connectivity index (χ0) is 14.0. The second kappa shape index (κ2) is 5.75. The molecule has 2 aromatic rings. The van der Waals surface area contributed by atoms with Gasteiger partial charge in [-0.3, -0.25) is 0 Å². The third-order valence-electron chi connectivity index (χ3n) is 2.36. The van der Waals surface area contributed by atoms with Gasteiger partial charge in [0.05, 0.1) is 16.1 Å². The number of benzene rings is 1. The summed E-state index contributed by atoms with van der Waals surface area (Å²) in [5.74, 6) is 1.90. The van der Waals surface area contributed by atoms with Crippen LogP contribution in [0.1, 0.15) is 5.56 Å². The monoisotopic (exact) mass is 387 g/mol. The summed E-state index contributed by atoms with van der Waals surface area (Å²) in [6.45, 7) is 1.85. The summed E-state index contributed by atoms with van der Waals surface area (Å²) in [5.41, 5.74) is 6.35. The lowest BCUT2D eigenvalue weighted by Crippen LogP contribution is -1.99. The Kier molecular flexibility index (Phi) is 4.26. The number of ether oxygens (including phenoxy) is 2. The maximum atomic E-state index is 5.74. The largest absolute Gasteiger partial charge is 0.496 e. The van der Waals surface area contributed by atoms with Gasteiger partial charge in [0.2, 0.25) is 11.8 Å². The van der Waals surface area contributed by atoms with Crippen LogP contribution in [-0.2, 0) is 0 Å². The van der Waals surface area contributed by atoms with Crippen molar-refractivity contribution in [3.8, 4) is 17.4 Å². The number of rotatable bonds is 3. The van der Waals surface area contributed by atoms with Crippen molar-refractivity contribution in [3.63, 3.8) is 0 Å². The highest BCUT2D eigenvalue weighted by Crippen LogP contribution is 2.38. The number of aryl methyl sites for hydroxylation is 1. The Morgan fingerprint density at radius 3 is 2.47 bits per heavy atom. The van der Waals surface area contributed by atoms with E-state index in [9.17, 15) is 0 Å². The highest BCUT2D eigenvalue weighted by Gasteiger charge is 2.11. The molecule has 0 aliphatic carbocycles. The number of aromatic nitrogens is 2. The lowest BCUT2D eigenvalue weighted by atomic mass is 10.3. The second-order valence-electron chi connectivity index (χ2n) is 3.74. The molecule has 0 saturated carbocycles. The second-order valence-corrected chi connectivity index (χ2v) is 5.44. The lowest BCUT2D eigenvalue weighted by Gasteiger charge is -2.11. The number of methoxy groups -OCH3 is 1. The van der Waals surface area contributed by atoms with Crippen molar-refractivity contribution in [1.29, 1.82) is 0 Å². The number of halogens is 2. The highest BCUT2D eigenvalue weighted by molar-refractivity contribution is 9.11. The molecule has 0 radical (unpaired) electrons. The van der Waals surface area contributed by atoms with E-state index in [0.717, 1.165) is 14.5 Å². The van der Waals surface area contributed by atoms with Crippen LogP contribution in [0.4, 0.5) is 5.95 Å². The molecule has 1 aromatic heterocycles. The van der Waals surface area contributed by atoms with Crippen molar-refractivity contribution in [1.82, 2.24) is 9.97 Å². The molecule has 0 bridgehead atoms. The van der Waals surface area contributed by atoms with Crippen molar-refractivity contribution in [2.45, 2.75) is 6.92 Å². The lowest BCUT2D eigenvalue weighted by molar-refractivity contribution is 0.408. The minimum Gasteiger partial charge on any atom is -0.496 e. The zero-order valence-corrected chi connectivity index (χ0v) is 13.4. The van der Waals surface area contributed by atoms with Gasteiger partial charge in [0.15, 0.2) is 0 Å². The smallest absolute Gasteiger partial charge is 0.227 e. The summed E-state index contributed by atoms with van der Waals surface area (Å²) in [6.07, 6.45) is 1.62. The number of hydrogen-bond donors (Lipinski definition) is 1. The van der Waals surface area contributed by atoms with Crippen LogP contribution in [-0.4, -0.2) is 17.1 Å². The summed E-state index contributed by atoms with van der Waals surface area (Å²) in [4.78, 5) is 7.95. The number of hydrogen-bond acceptors (Lipinski definition) is 5. The Morgan fingerprint density at radius 1 is 1.16 bits per heavy atom. The third-order valence-corrected chi connectivity index (χ3v) is 3.60. The van der Waals surface area contributed by atoms with E-state index in [-0.39, 0.29) is 5.95 Å². The maximum absolute atomic E-state index is 5.74. The van der Waals surface area contributed by atoms with Gasteiger partial charge in [0, 0.05) is 11.8 Å². The molecule has 1 aromatic carbocycles. The van der Waals surface area contributed by atoms with Crippen LogP contribution in [0.2, 0.25) is 0 Å². The van der Waals surface area contributed by atoms with Crippen molar-refractivity contribution in [2.75, 3.05) is 12.8 Å². The van der Waals surface area contributed by atoms with E-state index in [4.69, 9.17) is 15.2 Å². The number of anilines is 1. The van der Waals surface area contributed by atoms with E-state index in [2.05, 4.69) is 41.8 Å². The molecule has 0 aliphatic rings. The van der Waals surface area contributed by atoms with Crippen molar-refractivity contribution in [2.24, 2.45) is 0 Å². The van der Waals surface area contributed by atoms with Crippen LogP contribution >= 0.6 is 31.9 Å². The van der Waals surface area contributed by atoms with Crippen molar-refractivity contribution < 1.29 is 9.47 Å². The molecule has 7 heteroatoms. The maximum Gasteiger partial charge on any atom is 0.227 e. The Hall–Kier alpha value is -1.34. The van der Waals surface area contributed by atoms with E-state index in [1.807, 2.05) is 6.92 Å². The summed E-state index contributed by atoms with van der Waals surface area (Å²) >= 11 is 6.83. The molecule has 0 aliphatic heterocycles. The van der Waals surface area contributed by atoms with Gasteiger partial charge in [-0.25, -0.2) is 4.98 Å². The van der Waals surface area contributed by atoms with Gasteiger partial charge >= 0.3 is 0 Å². The van der Waals surface area contributed by atoms with Gasteiger partial charge in [-0.1, -0.05) is 0 Å². The first-order valence-corrected chi connectivity index (χ1v) is 6.90. The SMILES string of the molecule is COc1cc(Br)c(Oc2nc(N)ncc2C)cc1Br. The average molecular weight is 389 g/mol. The van der Waals surface area contributed by atoms with Crippen LogP contribution in [0.15, 0.2) is 27.3 Å². The number of nitrogens with two attached hydrogens (primary N) is 1. The fraction of sp³-hybridized carbons (Fsp3) is 0.167. The molecule has 100 valence electrons. The van der Waals surface area contributed by atoms with E-state index in [1.54, 1.807) is 25.4 Å². The van der Waals surface area contributed by atoms with Crippen molar-refractivity contribution >= 4 is 37.8 Å². The molecule has 2 N–H and O–H groups in total. The Balaban J connectivity index is 2.38. The summed E-state index contributed by atoms with van der Waals surface area (Å²) < 4.78 is 12.5. The first kappa shape index (κ1) is 14.1.